The Morgan fingerprint density at radius 2 is 1.81 bits per heavy atom. The number of hydrogen-bond donors (Lipinski definition) is 1. The summed E-state index contributed by atoms with van der Waals surface area (Å²) in [5, 5.41) is 5.63. The molecule has 0 saturated heterocycles. The van der Waals surface area contributed by atoms with E-state index in [-0.39, 0.29) is 5.91 Å². The zero-order valence-corrected chi connectivity index (χ0v) is 15.6. The van der Waals surface area contributed by atoms with Gasteiger partial charge in [0.1, 0.15) is 5.75 Å². The van der Waals surface area contributed by atoms with Crippen LogP contribution in [0.25, 0.3) is 11.3 Å². The van der Waals surface area contributed by atoms with Crippen LogP contribution in [0.5, 0.6) is 5.75 Å². The average Bonchev–Trinajstić information content (AvgIpc) is 3.36. The molecule has 5 heteroatoms. The minimum absolute atomic E-state index is 0.0208. The monoisotopic (exact) mass is 364 g/mol. The summed E-state index contributed by atoms with van der Waals surface area (Å²) < 4.78 is 5.20. The first-order valence-corrected chi connectivity index (χ1v) is 9.47. The van der Waals surface area contributed by atoms with Crippen molar-refractivity contribution in [1.82, 2.24) is 4.98 Å². The van der Waals surface area contributed by atoms with E-state index in [2.05, 4.69) is 41.5 Å². The van der Waals surface area contributed by atoms with Crippen molar-refractivity contribution in [3.05, 3.63) is 65.0 Å². The Kier molecular flexibility index (Phi) is 4.24. The smallest absolute Gasteiger partial charge is 0.236 e. The first-order chi connectivity index (χ1) is 12.6. The molecule has 1 N–H and O–H groups in total. The van der Waals surface area contributed by atoms with E-state index in [4.69, 9.17) is 4.74 Å². The molecular weight excluding hydrogens is 344 g/mol. The molecular formula is C21H20N2O2S. The standard InChI is InChI=1S/C21H20N2O2S/c1-14-3-5-15(6-4-14)18-13-26-20(22-18)23-19(24)21(11-12-21)16-7-9-17(25-2)10-8-16/h3-10,13H,11-12H2,1-2H3,(H,22,23,24). The number of nitrogens with zero attached hydrogens (tertiary/aromatic N) is 1. The Labute approximate surface area is 156 Å². The molecule has 2 aromatic carbocycles. The Bertz CT molecular complexity index is 925. The first kappa shape index (κ1) is 16.8. The summed E-state index contributed by atoms with van der Waals surface area (Å²) in [6.45, 7) is 2.06. The molecule has 3 aromatic rings. The largest absolute Gasteiger partial charge is 0.497 e. The fourth-order valence-electron chi connectivity index (χ4n) is 3.09. The summed E-state index contributed by atoms with van der Waals surface area (Å²) in [5.41, 5.74) is 3.77. The highest BCUT2D eigenvalue weighted by Crippen LogP contribution is 2.49. The van der Waals surface area contributed by atoms with Gasteiger partial charge in [0.2, 0.25) is 5.91 Å². The minimum atomic E-state index is -0.429. The number of amides is 1. The van der Waals surface area contributed by atoms with Crippen molar-refractivity contribution in [3.63, 3.8) is 0 Å². The lowest BCUT2D eigenvalue weighted by atomic mass is 9.95. The normalized spacial score (nSPS) is 14.7. The van der Waals surface area contributed by atoms with Crippen LogP contribution >= 0.6 is 11.3 Å². The second-order valence-electron chi connectivity index (χ2n) is 6.67. The highest BCUT2D eigenvalue weighted by Gasteiger charge is 2.51. The van der Waals surface area contributed by atoms with Gasteiger partial charge in [-0.1, -0.05) is 42.0 Å². The fraction of sp³-hybridized carbons (Fsp3) is 0.238. The summed E-state index contributed by atoms with van der Waals surface area (Å²) in [5.74, 6) is 0.820. The van der Waals surface area contributed by atoms with Gasteiger partial charge in [-0.05, 0) is 37.5 Å². The van der Waals surface area contributed by atoms with Crippen LogP contribution in [0.4, 0.5) is 5.13 Å². The third kappa shape index (κ3) is 3.10. The number of aryl methyl sites for hydroxylation is 1. The van der Waals surface area contributed by atoms with Crippen LogP contribution in [-0.4, -0.2) is 18.0 Å². The van der Waals surface area contributed by atoms with Crippen LogP contribution in [0.3, 0.4) is 0 Å². The van der Waals surface area contributed by atoms with Gasteiger partial charge < -0.3 is 10.1 Å². The van der Waals surface area contributed by atoms with Crippen molar-refractivity contribution in [2.75, 3.05) is 12.4 Å². The molecule has 1 aliphatic carbocycles. The lowest BCUT2D eigenvalue weighted by molar-refractivity contribution is -0.118. The molecule has 0 spiro atoms. The zero-order chi connectivity index (χ0) is 18.1. The highest BCUT2D eigenvalue weighted by atomic mass is 32.1. The third-order valence-electron chi connectivity index (χ3n) is 4.90. The number of benzene rings is 2. The number of anilines is 1. The second kappa shape index (κ2) is 6.57. The Balaban J connectivity index is 1.50. The maximum Gasteiger partial charge on any atom is 0.236 e. The number of thiazole rings is 1. The van der Waals surface area contributed by atoms with E-state index in [1.807, 2.05) is 29.6 Å². The van der Waals surface area contributed by atoms with Crippen LogP contribution in [-0.2, 0) is 10.2 Å². The summed E-state index contributed by atoms with van der Waals surface area (Å²) in [6.07, 6.45) is 1.72. The van der Waals surface area contributed by atoms with Crippen molar-refractivity contribution in [2.24, 2.45) is 0 Å². The molecule has 4 nitrogen and oxygen atoms in total. The molecule has 0 aliphatic heterocycles. The van der Waals surface area contributed by atoms with Gasteiger partial charge in [0, 0.05) is 10.9 Å². The van der Waals surface area contributed by atoms with Crippen LogP contribution in [0, 0.1) is 6.92 Å². The molecule has 26 heavy (non-hydrogen) atoms. The number of hydrogen-bond acceptors (Lipinski definition) is 4. The molecule has 1 fully saturated rings. The van der Waals surface area contributed by atoms with E-state index in [0.29, 0.717) is 5.13 Å². The van der Waals surface area contributed by atoms with Gasteiger partial charge in [0.15, 0.2) is 5.13 Å². The topological polar surface area (TPSA) is 51.2 Å². The zero-order valence-electron chi connectivity index (χ0n) is 14.8. The molecule has 4 rings (SSSR count). The van der Waals surface area contributed by atoms with Gasteiger partial charge in [-0.2, -0.15) is 0 Å². The lowest BCUT2D eigenvalue weighted by Gasteiger charge is -2.15. The van der Waals surface area contributed by atoms with Gasteiger partial charge in [0.05, 0.1) is 18.2 Å². The van der Waals surface area contributed by atoms with E-state index >= 15 is 0 Å². The second-order valence-corrected chi connectivity index (χ2v) is 7.53. The molecule has 0 radical (unpaired) electrons. The number of aromatic nitrogens is 1. The van der Waals surface area contributed by atoms with Gasteiger partial charge in [-0.15, -0.1) is 11.3 Å². The highest BCUT2D eigenvalue weighted by molar-refractivity contribution is 7.14. The maximum absolute atomic E-state index is 12.9. The van der Waals surface area contributed by atoms with Gasteiger partial charge >= 0.3 is 0 Å². The fourth-order valence-corrected chi connectivity index (χ4v) is 3.80. The predicted octanol–water partition coefficient (Wildman–Crippen LogP) is 4.80. The first-order valence-electron chi connectivity index (χ1n) is 8.59. The van der Waals surface area contributed by atoms with Crippen molar-refractivity contribution in [2.45, 2.75) is 25.2 Å². The Hall–Kier alpha value is -2.66. The molecule has 1 saturated carbocycles. The number of carbonyl (C=O) groups excluding carboxylic acids is 1. The van der Waals surface area contributed by atoms with Crippen molar-refractivity contribution >= 4 is 22.4 Å². The number of methoxy groups -OCH3 is 1. The summed E-state index contributed by atoms with van der Waals surface area (Å²) in [7, 11) is 1.64. The Morgan fingerprint density at radius 3 is 2.42 bits per heavy atom. The molecule has 1 aliphatic rings. The summed E-state index contributed by atoms with van der Waals surface area (Å²) in [4.78, 5) is 17.4. The molecule has 0 unspecified atom stereocenters. The SMILES string of the molecule is COc1ccc(C2(C(=O)Nc3nc(-c4ccc(C)cc4)cs3)CC2)cc1. The third-order valence-corrected chi connectivity index (χ3v) is 5.66. The van der Waals surface area contributed by atoms with Crippen LogP contribution < -0.4 is 10.1 Å². The van der Waals surface area contributed by atoms with Crippen LogP contribution in [0.15, 0.2) is 53.9 Å². The molecule has 0 bridgehead atoms. The molecule has 1 aromatic heterocycles. The quantitative estimate of drug-likeness (QED) is 0.708. The van der Waals surface area contributed by atoms with Crippen LogP contribution in [0.1, 0.15) is 24.0 Å². The lowest BCUT2D eigenvalue weighted by Crippen LogP contribution is -2.27. The maximum atomic E-state index is 12.9. The minimum Gasteiger partial charge on any atom is -0.497 e. The van der Waals surface area contributed by atoms with E-state index in [9.17, 15) is 4.79 Å². The van der Waals surface area contributed by atoms with Crippen molar-refractivity contribution in [1.29, 1.82) is 0 Å². The van der Waals surface area contributed by atoms with Crippen molar-refractivity contribution in [3.8, 4) is 17.0 Å². The number of ether oxygens (including phenoxy) is 1. The van der Waals surface area contributed by atoms with Gasteiger partial charge in [0.25, 0.3) is 0 Å². The number of rotatable bonds is 5. The predicted molar refractivity (Wildman–Crippen MR) is 105 cm³/mol. The summed E-state index contributed by atoms with van der Waals surface area (Å²) in [6, 6.07) is 16.0. The molecule has 132 valence electrons. The van der Waals surface area contributed by atoms with Crippen molar-refractivity contribution < 1.29 is 9.53 Å². The van der Waals surface area contributed by atoms with E-state index in [0.717, 1.165) is 35.4 Å². The molecule has 1 heterocycles. The Morgan fingerprint density at radius 1 is 1.12 bits per heavy atom. The van der Waals surface area contributed by atoms with E-state index in [1.165, 1.54) is 16.9 Å². The van der Waals surface area contributed by atoms with Crippen LogP contribution in [0.2, 0.25) is 0 Å². The van der Waals surface area contributed by atoms with Gasteiger partial charge in [-0.3, -0.25) is 4.79 Å². The number of nitrogens with one attached hydrogen (secondary N) is 1. The van der Waals surface area contributed by atoms with Gasteiger partial charge in [-0.25, -0.2) is 4.98 Å². The van der Waals surface area contributed by atoms with E-state index in [1.54, 1.807) is 7.11 Å². The number of carbonyl (C=O) groups is 1. The average molecular weight is 364 g/mol. The summed E-state index contributed by atoms with van der Waals surface area (Å²) >= 11 is 1.46. The molecule has 1 amide bonds. The molecule has 0 atom stereocenters. The van der Waals surface area contributed by atoms with E-state index < -0.39 is 5.41 Å².